The summed E-state index contributed by atoms with van der Waals surface area (Å²) in [4.78, 5) is 0. The normalized spacial score (nSPS) is 16.7. The van der Waals surface area contributed by atoms with Gasteiger partial charge < -0.3 is 10.1 Å². The Morgan fingerprint density at radius 2 is 1.95 bits per heavy atom. The van der Waals surface area contributed by atoms with Gasteiger partial charge in [-0.3, -0.25) is 0 Å². The summed E-state index contributed by atoms with van der Waals surface area (Å²) in [5.41, 5.74) is 5.09. The van der Waals surface area contributed by atoms with Crippen molar-refractivity contribution in [3.63, 3.8) is 0 Å². The second-order valence-electron chi connectivity index (χ2n) is 5.38. The van der Waals surface area contributed by atoms with Crippen LogP contribution in [0.15, 0.2) is 39.3 Å². The molecule has 110 valence electrons. The first kappa shape index (κ1) is 14.9. The molecular formula is C17H17Br2NO. The average Bonchev–Trinajstić information content (AvgIpc) is 2.83. The van der Waals surface area contributed by atoms with Crippen molar-refractivity contribution in [2.75, 3.05) is 12.4 Å². The van der Waals surface area contributed by atoms with Crippen molar-refractivity contribution >= 4 is 37.5 Å². The minimum atomic E-state index is 0.349. The third-order valence-electron chi connectivity index (χ3n) is 3.99. The Balaban J connectivity index is 1.93. The number of anilines is 1. The third-order valence-corrected chi connectivity index (χ3v) is 4.94. The fraction of sp³-hybridized carbons (Fsp3) is 0.294. The lowest BCUT2D eigenvalue weighted by atomic mass is 10.1. The van der Waals surface area contributed by atoms with E-state index in [1.807, 2.05) is 6.07 Å². The number of hydrogen-bond acceptors (Lipinski definition) is 2. The molecule has 4 heteroatoms. The van der Waals surface area contributed by atoms with Gasteiger partial charge in [-0.1, -0.05) is 37.9 Å². The maximum atomic E-state index is 5.52. The summed E-state index contributed by atoms with van der Waals surface area (Å²) >= 11 is 7.07. The lowest BCUT2D eigenvalue weighted by Gasteiger charge is -2.20. The number of nitrogens with one attached hydrogen (secondary N) is 1. The van der Waals surface area contributed by atoms with Crippen LogP contribution in [0.1, 0.15) is 29.2 Å². The zero-order chi connectivity index (χ0) is 15.0. The van der Waals surface area contributed by atoms with Crippen molar-refractivity contribution < 1.29 is 4.74 Å². The number of halogens is 2. The SMILES string of the molecule is COc1cc(Br)cc(C)c1NC1CCc2cc(Br)ccc21. The van der Waals surface area contributed by atoms with Crippen LogP contribution >= 0.6 is 31.9 Å². The fourth-order valence-electron chi connectivity index (χ4n) is 2.97. The Morgan fingerprint density at radius 3 is 2.71 bits per heavy atom. The van der Waals surface area contributed by atoms with Gasteiger partial charge in [0.1, 0.15) is 5.75 Å². The molecule has 1 aliphatic carbocycles. The molecule has 21 heavy (non-hydrogen) atoms. The summed E-state index contributed by atoms with van der Waals surface area (Å²) in [6, 6.07) is 11.0. The summed E-state index contributed by atoms with van der Waals surface area (Å²) in [5.74, 6) is 0.882. The Morgan fingerprint density at radius 1 is 1.14 bits per heavy atom. The van der Waals surface area contributed by atoms with Crippen LogP contribution in [0.3, 0.4) is 0 Å². The Hall–Kier alpha value is -1.00. The molecule has 1 unspecified atom stereocenters. The summed E-state index contributed by atoms with van der Waals surface area (Å²) < 4.78 is 7.72. The van der Waals surface area contributed by atoms with Gasteiger partial charge in [-0.25, -0.2) is 0 Å². The van der Waals surface area contributed by atoms with E-state index in [-0.39, 0.29) is 0 Å². The summed E-state index contributed by atoms with van der Waals surface area (Å²) in [5, 5.41) is 3.67. The molecule has 2 nitrogen and oxygen atoms in total. The molecule has 2 aromatic rings. The van der Waals surface area contributed by atoms with Crippen molar-refractivity contribution in [3.8, 4) is 5.75 Å². The lowest BCUT2D eigenvalue weighted by molar-refractivity contribution is 0.415. The van der Waals surface area contributed by atoms with E-state index >= 15 is 0 Å². The zero-order valence-corrected chi connectivity index (χ0v) is 15.2. The van der Waals surface area contributed by atoms with E-state index in [4.69, 9.17) is 4.74 Å². The number of hydrogen-bond donors (Lipinski definition) is 1. The molecule has 1 aliphatic rings. The van der Waals surface area contributed by atoms with E-state index in [1.165, 1.54) is 16.7 Å². The monoisotopic (exact) mass is 409 g/mol. The van der Waals surface area contributed by atoms with E-state index < -0.39 is 0 Å². The summed E-state index contributed by atoms with van der Waals surface area (Å²) in [6.45, 7) is 2.10. The number of rotatable bonds is 3. The predicted molar refractivity (Wildman–Crippen MR) is 94.3 cm³/mol. The van der Waals surface area contributed by atoms with Gasteiger partial charge in [0, 0.05) is 8.95 Å². The van der Waals surface area contributed by atoms with Crippen LogP contribution in [0.4, 0.5) is 5.69 Å². The molecular weight excluding hydrogens is 394 g/mol. The van der Waals surface area contributed by atoms with Crippen LogP contribution in [0.2, 0.25) is 0 Å². The number of aryl methyl sites for hydroxylation is 2. The van der Waals surface area contributed by atoms with E-state index in [9.17, 15) is 0 Å². The maximum absolute atomic E-state index is 5.52. The quantitative estimate of drug-likeness (QED) is 0.707. The van der Waals surface area contributed by atoms with Gasteiger partial charge in [-0.05, 0) is 60.7 Å². The van der Waals surface area contributed by atoms with Gasteiger partial charge in [-0.15, -0.1) is 0 Å². The van der Waals surface area contributed by atoms with Crippen molar-refractivity contribution in [3.05, 3.63) is 56.0 Å². The predicted octanol–water partition coefficient (Wildman–Crippen LogP) is 5.63. The molecule has 0 fully saturated rings. The Labute approximate surface area is 142 Å². The first-order valence-electron chi connectivity index (χ1n) is 6.97. The van der Waals surface area contributed by atoms with E-state index in [0.717, 1.165) is 33.2 Å². The Kier molecular flexibility index (Phi) is 4.27. The van der Waals surface area contributed by atoms with E-state index in [2.05, 4.69) is 68.4 Å². The van der Waals surface area contributed by atoms with Crippen LogP contribution in [-0.4, -0.2) is 7.11 Å². The molecule has 1 N–H and O–H groups in total. The summed E-state index contributed by atoms with van der Waals surface area (Å²) in [7, 11) is 1.71. The topological polar surface area (TPSA) is 21.3 Å². The second kappa shape index (κ2) is 6.01. The molecule has 0 heterocycles. The van der Waals surface area contributed by atoms with Crippen LogP contribution in [0, 0.1) is 6.92 Å². The van der Waals surface area contributed by atoms with Gasteiger partial charge in [0.05, 0.1) is 18.8 Å². The maximum Gasteiger partial charge on any atom is 0.143 e. The highest BCUT2D eigenvalue weighted by atomic mass is 79.9. The third kappa shape index (κ3) is 2.97. The van der Waals surface area contributed by atoms with Gasteiger partial charge in [0.15, 0.2) is 0 Å². The molecule has 3 rings (SSSR count). The number of fused-ring (bicyclic) bond motifs is 1. The minimum absolute atomic E-state index is 0.349. The summed E-state index contributed by atoms with van der Waals surface area (Å²) in [6.07, 6.45) is 2.23. The highest BCUT2D eigenvalue weighted by molar-refractivity contribution is 9.10. The lowest BCUT2D eigenvalue weighted by Crippen LogP contribution is -2.09. The van der Waals surface area contributed by atoms with Crippen LogP contribution in [0.5, 0.6) is 5.75 Å². The van der Waals surface area contributed by atoms with Crippen molar-refractivity contribution in [2.45, 2.75) is 25.8 Å². The molecule has 0 saturated carbocycles. The number of methoxy groups -OCH3 is 1. The Bertz CT molecular complexity index is 685. The number of benzene rings is 2. The zero-order valence-electron chi connectivity index (χ0n) is 12.0. The molecule has 0 aliphatic heterocycles. The second-order valence-corrected chi connectivity index (χ2v) is 7.21. The molecule has 0 spiro atoms. The van der Waals surface area contributed by atoms with Crippen LogP contribution < -0.4 is 10.1 Å². The first-order chi connectivity index (χ1) is 10.1. The molecule has 0 amide bonds. The van der Waals surface area contributed by atoms with E-state index in [1.54, 1.807) is 7.11 Å². The van der Waals surface area contributed by atoms with Gasteiger partial charge in [-0.2, -0.15) is 0 Å². The van der Waals surface area contributed by atoms with Crippen LogP contribution in [-0.2, 0) is 6.42 Å². The molecule has 0 bridgehead atoms. The van der Waals surface area contributed by atoms with Gasteiger partial charge in [0.2, 0.25) is 0 Å². The standard InChI is InChI=1S/C17H17Br2NO/c1-10-7-13(19)9-16(21-2)17(10)20-15-6-3-11-8-12(18)4-5-14(11)15/h4-5,7-9,15,20H,3,6H2,1-2H3. The van der Waals surface area contributed by atoms with Crippen LogP contribution in [0.25, 0.3) is 0 Å². The molecule has 1 atom stereocenters. The highest BCUT2D eigenvalue weighted by Gasteiger charge is 2.24. The first-order valence-corrected chi connectivity index (χ1v) is 8.56. The van der Waals surface area contributed by atoms with E-state index in [0.29, 0.717) is 6.04 Å². The largest absolute Gasteiger partial charge is 0.495 e. The van der Waals surface area contributed by atoms with Crippen molar-refractivity contribution in [1.29, 1.82) is 0 Å². The molecule has 0 saturated heterocycles. The average molecular weight is 411 g/mol. The smallest absolute Gasteiger partial charge is 0.143 e. The van der Waals surface area contributed by atoms with Crippen molar-refractivity contribution in [2.24, 2.45) is 0 Å². The number of ether oxygens (including phenoxy) is 1. The fourth-order valence-corrected chi connectivity index (χ4v) is 3.93. The van der Waals surface area contributed by atoms with Gasteiger partial charge in [0.25, 0.3) is 0 Å². The van der Waals surface area contributed by atoms with Crippen molar-refractivity contribution in [1.82, 2.24) is 0 Å². The molecule has 0 aromatic heterocycles. The minimum Gasteiger partial charge on any atom is -0.495 e. The molecule has 2 aromatic carbocycles. The van der Waals surface area contributed by atoms with Gasteiger partial charge >= 0.3 is 0 Å². The molecule has 0 radical (unpaired) electrons. The highest BCUT2D eigenvalue weighted by Crippen LogP contribution is 2.39.